The molecule has 0 aromatic heterocycles. The van der Waals surface area contributed by atoms with Gasteiger partial charge in [-0.05, 0) is 52.1 Å². The second-order valence-corrected chi connectivity index (χ2v) is 6.27. The van der Waals surface area contributed by atoms with Crippen LogP contribution in [-0.4, -0.2) is 61.0 Å². The van der Waals surface area contributed by atoms with Crippen molar-refractivity contribution in [2.24, 2.45) is 0 Å². The van der Waals surface area contributed by atoms with E-state index >= 15 is 0 Å². The third-order valence-electron chi connectivity index (χ3n) is 4.98. The molecule has 0 aromatic rings. The number of hydrogen-bond donors (Lipinski definition) is 2. The van der Waals surface area contributed by atoms with Crippen molar-refractivity contribution in [2.45, 2.75) is 63.1 Å². The molecular formula is C15H30N2O2. The Kier molecular flexibility index (Phi) is 5.63. The van der Waals surface area contributed by atoms with Gasteiger partial charge in [-0.25, -0.2) is 0 Å². The van der Waals surface area contributed by atoms with Crippen LogP contribution in [0.2, 0.25) is 0 Å². The third-order valence-corrected chi connectivity index (χ3v) is 4.98. The summed E-state index contributed by atoms with van der Waals surface area (Å²) in [5.74, 6) is 0. The van der Waals surface area contributed by atoms with Crippen LogP contribution < -0.4 is 5.32 Å². The summed E-state index contributed by atoms with van der Waals surface area (Å²) in [4.78, 5) is 2.55. The zero-order chi connectivity index (χ0) is 13.7. The molecule has 2 fully saturated rings. The van der Waals surface area contributed by atoms with Crippen molar-refractivity contribution in [3.63, 3.8) is 0 Å². The standard InChI is InChI=1S/C15H30N2O2/c1-3-8-16-15(12-18)7-4-14(11-15)17(2)13-5-9-19-10-6-13/h13-14,16,18H,3-12H2,1-2H3. The van der Waals surface area contributed by atoms with Gasteiger partial charge in [-0.15, -0.1) is 0 Å². The first-order valence-corrected chi connectivity index (χ1v) is 7.86. The van der Waals surface area contributed by atoms with Gasteiger partial charge in [0.25, 0.3) is 0 Å². The summed E-state index contributed by atoms with van der Waals surface area (Å²) < 4.78 is 5.45. The van der Waals surface area contributed by atoms with E-state index in [9.17, 15) is 5.11 Å². The number of nitrogens with zero attached hydrogens (tertiary/aromatic N) is 1. The van der Waals surface area contributed by atoms with Crippen LogP contribution in [-0.2, 0) is 4.74 Å². The molecule has 19 heavy (non-hydrogen) atoms. The molecule has 2 aliphatic rings. The van der Waals surface area contributed by atoms with Gasteiger partial charge in [0.05, 0.1) is 6.61 Å². The lowest BCUT2D eigenvalue weighted by Gasteiger charge is -2.36. The van der Waals surface area contributed by atoms with Crippen LogP contribution in [0.25, 0.3) is 0 Å². The molecule has 0 radical (unpaired) electrons. The zero-order valence-corrected chi connectivity index (χ0v) is 12.5. The molecule has 0 bridgehead atoms. The Morgan fingerprint density at radius 2 is 2.00 bits per heavy atom. The molecule has 1 saturated heterocycles. The third kappa shape index (κ3) is 3.69. The van der Waals surface area contributed by atoms with Gasteiger partial charge < -0.3 is 20.1 Å². The molecule has 1 aliphatic carbocycles. The molecule has 0 aromatic carbocycles. The van der Waals surface area contributed by atoms with Crippen LogP contribution in [0.1, 0.15) is 45.4 Å². The number of nitrogens with one attached hydrogen (secondary N) is 1. The number of aliphatic hydroxyl groups is 1. The molecule has 2 N–H and O–H groups in total. The van der Waals surface area contributed by atoms with Crippen molar-refractivity contribution in [1.29, 1.82) is 0 Å². The molecule has 2 rings (SSSR count). The first-order valence-electron chi connectivity index (χ1n) is 7.86. The lowest BCUT2D eigenvalue weighted by Crippen LogP contribution is -2.49. The van der Waals surface area contributed by atoms with Crippen molar-refractivity contribution < 1.29 is 9.84 Å². The van der Waals surface area contributed by atoms with E-state index in [1.807, 2.05) is 0 Å². The number of aliphatic hydroxyl groups excluding tert-OH is 1. The van der Waals surface area contributed by atoms with Crippen LogP contribution >= 0.6 is 0 Å². The molecule has 0 spiro atoms. The normalized spacial score (nSPS) is 33.2. The van der Waals surface area contributed by atoms with Crippen LogP contribution in [0.4, 0.5) is 0 Å². The first kappa shape index (κ1) is 15.2. The number of ether oxygens (including phenoxy) is 1. The highest BCUT2D eigenvalue weighted by Crippen LogP contribution is 2.34. The Labute approximate surface area is 117 Å². The number of hydrogen-bond acceptors (Lipinski definition) is 4. The van der Waals surface area contributed by atoms with Crippen molar-refractivity contribution in [1.82, 2.24) is 10.2 Å². The van der Waals surface area contributed by atoms with E-state index in [1.165, 1.54) is 6.42 Å². The van der Waals surface area contributed by atoms with Gasteiger partial charge in [0, 0.05) is 30.8 Å². The summed E-state index contributed by atoms with van der Waals surface area (Å²) in [6.07, 6.45) is 6.81. The molecule has 1 heterocycles. The van der Waals surface area contributed by atoms with Crippen LogP contribution in [0.15, 0.2) is 0 Å². The van der Waals surface area contributed by atoms with Gasteiger partial charge >= 0.3 is 0 Å². The summed E-state index contributed by atoms with van der Waals surface area (Å²) >= 11 is 0. The zero-order valence-electron chi connectivity index (χ0n) is 12.5. The van der Waals surface area contributed by atoms with Crippen LogP contribution in [0.3, 0.4) is 0 Å². The minimum Gasteiger partial charge on any atom is -0.394 e. The van der Waals surface area contributed by atoms with E-state index in [2.05, 4.69) is 24.2 Å². The molecule has 4 nitrogen and oxygen atoms in total. The molecule has 1 aliphatic heterocycles. The summed E-state index contributed by atoms with van der Waals surface area (Å²) in [6, 6.07) is 1.28. The molecule has 2 atom stereocenters. The fraction of sp³-hybridized carbons (Fsp3) is 1.00. The minimum atomic E-state index is -0.0277. The second-order valence-electron chi connectivity index (χ2n) is 6.27. The average Bonchev–Trinajstić information content (AvgIpc) is 2.90. The van der Waals surface area contributed by atoms with E-state index in [1.54, 1.807) is 0 Å². The Bertz CT molecular complexity index is 269. The predicted octanol–water partition coefficient (Wildman–Crippen LogP) is 1.38. The fourth-order valence-corrected chi connectivity index (χ4v) is 3.59. The summed E-state index contributed by atoms with van der Waals surface area (Å²) in [6.45, 7) is 5.26. The Morgan fingerprint density at radius 1 is 1.26 bits per heavy atom. The summed E-state index contributed by atoms with van der Waals surface area (Å²) in [5.41, 5.74) is -0.0277. The number of rotatable bonds is 6. The fourth-order valence-electron chi connectivity index (χ4n) is 3.59. The van der Waals surface area contributed by atoms with Crippen molar-refractivity contribution in [3.8, 4) is 0 Å². The SMILES string of the molecule is CCCNC1(CO)CCC(N(C)C2CCOCC2)C1. The smallest absolute Gasteiger partial charge is 0.0613 e. The van der Waals surface area contributed by atoms with E-state index in [4.69, 9.17) is 4.74 Å². The van der Waals surface area contributed by atoms with Gasteiger partial charge in [0.1, 0.15) is 0 Å². The van der Waals surface area contributed by atoms with Gasteiger partial charge in [0.15, 0.2) is 0 Å². The monoisotopic (exact) mass is 270 g/mol. The average molecular weight is 270 g/mol. The first-order chi connectivity index (χ1) is 9.21. The van der Waals surface area contributed by atoms with E-state index in [0.29, 0.717) is 12.1 Å². The summed E-state index contributed by atoms with van der Waals surface area (Å²) in [7, 11) is 2.26. The predicted molar refractivity (Wildman–Crippen MR) is 77.4 cm³/mol. The summed E-state index contributed by atoms with van der Waals surface area (Å²) in [5, 5.41) is 13.3. The molecule has 112 valence electrons. The topological polar surface area (TPSA) is 44.7 Å². The van der Waals surface area contributed by atoms with E-state index in [-0.39, 0.29) is 12.1 Å². The molecule has 1 saturated carbocycles. The maximum Gasteiger partial charge on any atom is 0.0613 e. The largest absolute Gasteiger partial charge is 0.394 e. The lowest BCUT2D eigenvalue weighted by atomic mass is 9.97. The maximum absolute atomic E-state index is 9.75. The Morgan fingerprint density at radius 3 is 2.63 bits per heavy atom. The maximum atomic E-state index is 9.75. The van der Waals surface area contributed by atoms with Crippen LogP contribution in [0, 0.1) is 0 Å². The molecular weight excluding hydrogens is 240 g/mol. The highest BCUT2D eigenvalue weighted by molar-refractivity contribution is 5.00. The Hall–Kier alpha value is -0.160. The van der Waals surface area contributed by atoms with Crippen LogP contribution in [0.5, 0.6) is 0 Å². The van der Waals surface area contributed by atoms with E-state index in [0.717, 1.165) is 51.9 Å². The minimum absolute atomic E-state index is 0.0277. The van der Waals surface area contributed by atoms with E-state index < -0.39 is 0 Å². The van der Waals surface area contributed by atoms with Gasteiger partial charge in [-0.2, -0.15) is 0 Å². The van der Waals surface area contributed by atoms with Gasteiger partial charge in [0.2, 0.25) is 0 Å². The Balaban J connectivity index is 1.88. The van der Waals surface area contributed by atoms with Gasteiger partial charge in [-0.1, -0.05) is 6.92 Å². The quantitative estimate of drug-likeness (QED) is 0.765. The van der Waals surface area contributed by atoms with Crippen molar-refractivity contribution in [3.05, 3.63) is 0 Å². The van der Waals surface area contributed by atoms with Gasteiger partial charge in [-0.3, -0.25) is 0 Å². The molecule has 0 amide bonds. The lowest BCUT2D eigenvalue weighted by molar-refractivity contribution is 0.0271. The van der Waals surface area contributed by atoms with Crippen molar-refractivity contribution >= 4 is 0 Å². The second kappa shape index (κ2) is 7.02. The highest BCUT2D eigenvalue weighted by atomic mass is 16.5. The van der Waals surface area contributed by atoms with Crippen molar-refractivity contribution in [2.75, 3.05) is 33.4 Å². The molecule has 2 unspecified atom stereocenters. The highest BCUT2D eigenvalue weighted by Gasteiger charge is 2.40. The molecule has 4 heteroatoms.